The SMILES string of the molecule is CC(N)=O.[Cl-].[NH4+]. The van der Waals surface area contributed by atoms with Crippen molar-refractivity contribution in [2.45, 2.75) is 6.92 Å². The lowest BCUT2D eigenvalue weighted by molar-refractivity contribution is -0.115. The maximum atomic E-state index is 9.22. The van der Waals surface area contributed by atoms with Gasteiger partial charge in [0, 0.05) is 6.92 Å². The summed E-state index contributed by atoms with van der Waals surface area (Å²) in [5, 5.41) is 0. The molecule has 0 unspecified atom stereocenters. The summed E-state index contributed by atoms with van der Waals surface area (Å²) in [5.74, 6) is -0.333. The van der Waals surface area contributed by atoms with Crippen molar-refractivity contribution in [1.29, 1.82) is 0 Å². The summed E-state index contributed by atoms with van der Waals surface area (Å²) in [6.45, 7) is 1.31. The summed E-state index contributed by atoms with van der Waals surface area (Å²) in [6, 6.07) is 0. The van der Waals surface area contributed by atoms with Crippen molar-refractivity contribution < 1.29 is 17.2 Å². The number of carbonyl (C=O) groups excluding carboxylic acids is 1. The monoisotopic (exact) mass is 112 g/mol. The molecule has 0 aliphatic heterocycles. The third-order valence-electron chi connectivity index (χ3n) is 0. The smallest absolute Gasteiger partial charge is 0.214 e. The third-order valence-corrected chi connectivity index (χ3v) is 0. The van der Waals surface area contributed by atoms with E-state index in [1.54, 1.807) is 0 Å². The molecule has 6 N–H and O–H groups in total. The minimum absolute atomic E-state index is 0. The summed E-state index contributed by atoms with van der Waals surface area (Å²) in [4.78, 5) is 9.22. The summed E-state index contributed by atoms with van der Waals surface area (Å²) < 4.78 is 0. The van der Waals surface area contributed by atoms with Crippen LogP contribution in [0.3, 0.4) is 0 Å². The Kier molecular flexibility index (Phi) is 25.3. The Morgan fingerprint density at radius 3 is 1.67 bits per heavy atom. The molecule has 0 bridgehead atoms. The van der Waals surface area contributed by atoms with Gasteiger partial charge in [0.2, 0.25) is 5.91 Å². The topological polar surface area (TPSA) is 79.6 Å². The number of hydrogen-bond acceptors (Lipinski definition) is 1. The Balaban J connectivity index is -0.0000000450. The van der Waals surface area contributed by atoms with Crippen LogP contribution in [0, 0.1) is 0 Å². The Morgan fingerprint density at radius 1 is 1.67 bits per heavy atom. The van der Waals surface area contributed by atoms with Gasteiger partial charge in [0.05, 0.1) is 0 Å². The quantitative estimate of drug-likeness (QED) is 0.342. The molecule has 0 heterocycles. The first kappa shape index (κ1) is 17.2. The molecule has 1 amide bonds. The van der Waals surface area contributed by atoms with Gasteiger partial charge in [-0.1, -0.05) is 0 Å². The Hall–Kier alpha value is -0.280. The van der Waals surface area contributed by atoms with Gasteiger partial charge in [-0.2, -0.15) is 0 Å². The van der Waals surface area contributed by atoms with E-state index in [0.29, 0.717) is 0 Å². The second-order valence-electron chi connectivity index (χ2n) is 0.611. The van der Waals surface area contributed by atoms with Crippen LogP contribution in [0.5, 0.6) is 0 Å². The highest BCUT2D eigenvalue weighted by molar-refractivity contribution is 5.70. The van der Waals surface area contributed by atoms with Gasteiger partial charge in [-0.15, -0.1) is 0 Å². The minimum atomic E-state index is -0.333. The number of hydrogen-bond donors (Lipinski definition) is 2. The largest absolute Gasteiger partial charge is 1.00 e. The van der Waals surface area contributed by atoms with Crippen LogP contribution in [-0.2, 0) is 4.79 Å². The van der Waals surface area contributed by atoms with Crippen molar-refractivity contribution in [2.24, 2.45) is 5.73 Å². The zero-order valence-electron chi connectivity index (χ0n) is 3.86. The maximum absolute atomic E-state index is 9.22. The molecule has 0 fully saturated rings. The van der Waals surface area contributed by atoms with Crippen molar-refractivity contribution in [1.82, 2.24) is 6.15 Å². The number of amides is 1. The molecule has 0 aliphatic rings. The zero-order valence-corrected chi connectivity index (χ0v) is 4.62. The molecule has 0 aromatic rings. The molecular formula is C2H9ClN2O. The lowest BCUT2D eigenvalue weighted by Crippen LogP contribution is -3.00. The zero-order chi connectivity index (χ0) is 3.58. The highest BCUT2D eigenvalue weighted by Crippen LogP contribution is 1.33. The maximum Gasteiger partial charge on any atom is 0.214 e. The fourth-order valence-electron chi connectivity index (χ4n) is 0. The van der Waals surface area contributed by atoms with Gasteiger partial charge in [0.25, 0.3) is 0 Å². The van der Waals surface area contributed by atoms with E-state index in [0.717, 1.165) is 0 Å². The van der Waals surface area contributed by atoms with Crippen molar-refractivity contribution in [3.8, 4) is 0 Å². The molecule has 0 saturated heterocycles. The van der Waals surface area contributed by atoms with Crippen LogP contribution in [0.1, 0.15) is 6.92 Å². The van der Waals surface area contributed by atoms with Gasteiger partial charge >= 0.3 is 0 Å². The van der Waals surface area contributed by atoms with E-state index in [1.165, 1.54) is 6.92 Å². The van der Waals surface area contributed by atoms with Gasteiger partial charge in [0.15, 0.2) is 0 Å². The fourth-order valence-corrected chi connectivity index (χ4v) is 0. The fraction of sp³-hybridized carbons (Fsp3) is 0.500. The first-order chi connectivity index (χ1) is 1.73. The molecule has 4 heteroatoms. The van der Waals surface area contributed by atoms with Crippen LogP contribution < -0.4 is 24.3 Å². The number of halogens is 1. The first-order valence-corrected chi connectivity index (χ1v) is 0.993. The molecule has 0 radical (unpaired) electrons. The van der Waals surface area contributed by atoms with Gasteiger partial charge < -0.3 is 24.3 Å². The van der Waals surface area contributed by atoms with E-state index >= 15 is 0 Å². The summed E-state index contributed by atoms with van der Waals surface area (Å²) in [6.07, 6.45) is 0. The Labute approximate surface area is 42.9 Å². The third kappa shape index (κ3) is 351. The Morgan fingerprint density at radius 2 is 1.67 bits per heavy atom. The lowest BCUT2D eigenvalue weighted by atomic mass is 10.8. The van der Waals surface area contributed by atoms with Crippen LogP contribution in [0.25, 0.3) is 0 Å². The van der Waals surface area contributed by atoms with Crippen LogP contribution >= 0.6 is 0 Å². The van der Waals surface area contributed by atoms with Crippen molar-refractivity contribution in [2.75, 3.05) is 0 Å². The predicted octanol–water partition coefficient (Wildman–Crippen LogP) is -3.13. The van der Waals surface area contributed by atoms with E-state index in [1.807, 2.05) is 0 Å². The molecule has 40 valence electrons. The van der Waals surface area contributed by atoms with Crippen LogP contribution in [-0.4, -0.2) is 5.91 Å². The standard InChI is InChI=1S/C2H5NO.ClH.H3N/c1-2(3)4;;/h1H3,(H2,3,4);1H;1H3. The van der Waals surface area contributed by atoms with E-state index in [4.69, 9.17) is 0 Å². The summed E-state index contributed by atoms with van der Waals surface area (Å²) in [7, 11) is 0. The Bertz CT molecular complexity index is 34.5. The first-order valence-electron chi connectivity index (χ1n) is 0.993. The summed E-state index contributed by atoms with van der Waals surface area (Å²) in [5.41, 5.74) is 4.47. The molecule has 0 saturated carbocycles. The molecule has 0 spiro atoms. The van der Waals surface area contributed by atoms with E-state index in [9.17, 15) is 4.79 Å². The highest BCUT2D eigenvalue weighted by Gasteiger charge is 1.61. The van der Waals surface area contributed by atoms with Gasteiger partial charge in [-0.25, -0.2) is 0 Å². The van der Waals surface area contributed by atoms with Gasteiger partial charge in [-0.3, -0.25) is 4.79 Å². The van der Waals surface area contributed by atoms with E-state index in [-0.39, 0.29) is 24.5 Å². The number of nitrogens with two attached hydrogens (primary N) is 1. The number of quaternary nitrogens is 1. The molecule has 0 aromatic carbocycles. The molecule has 0 aromatic heterocycles. The van der Waals surface area contributed by atoms with Crippen molar-refractivity contribution in [3.63, 3.8) is 0 Å². The number of carbonyl (C=O) groups is 1. The van der Waals surface area contributed by atoms with E-state index < -0.39 is 0 Å². The average Bonchev–Trinajstić information content (AvgIpc) is 0.811. The minimum Gasteiger partial charge on any atom is -1.00 e. The van der Waals surface area contributed by atoms with Crippen molar-refractivity contribution in [3.05, 3.63) is 0 Å². The molecule has 0 rings (SSSR count). The molecule has 0 aliphatic carbocycles. The van der Waals surface area contributed by atoms with Gasteiger partial charge in [0.1, 0.15) is 0 Å². The van der Waals surface area contributed by atoms with Crippen LogP contribution in [0.2, 0.25) is 0 Å². The second kappa shape index (κ2) is 8.83. The van der Waals surface area contributed by atoms with E-state index in [2.05, 4.69) is 5.73 Å². The van der Waals surface area contributed by atoms with Crippen LogP contribution in [0.15, 0.2) is 0 Å². The highest BCUT2D eigenvalue weighted by atomic mass is 35.5. The predicted molar refractivity (Wildman–Crippen MR) is 20.9 cm³/mol. The lowest BCUT2D eigenvalue weighted by Gasteiger charge is -1.60. The molecule has 3 nitrogen and oxygen atoms in total. The molecular weight excluding hydrogens is 103 g/mol. The normalized spacial score (nSPS) is 4.17. The van der Waals surface area contributed by atoms with Crippen molar-refractivity contribution >= 4 is 5.91 Å². The second-order valence-corrected chi connectivity index (χ2v) is 0.611. The summed E-state index contributed by atoms with van der Waals surface area (Å²) >= 11 is 0. The molecule has 0 atom stereocenters. The van der Waals surface area contributed by atoms with Gasteiger partial charge in [-0.05, 0) is 0 Å². The molecule has 6 heavy (non-hydrogen) atoms. The number of primary amides is 1. The number of rotatable bonds is 0. The van der Waals surface area contributed by atoms with Crippen LogP contribution in [0.4, 0.5) is 0 Å². The average molecular weight is 113 g/mol.